The van der Waals surface area contributed by atoms with Crippen molar-refractivity contribution in [3.63, 3.8) is 0 Å². The highest BCUT2D eigenvalue weighted by molar-refractivity contribution is 6.30. The first-order valence-corrected chi connectivity index (χ1v) is 34.4. The molecule has 18 N–H and O–H groups in total. The Kier molecular flexibility index (Phi) is 27.8. The normalized spacial score (nSPS) is 24.0. The lowest BCUT2D eigenvalue weighted by Crippen LogP contribution is -2.61. The molecule has 13 amide bonds. The summed E-state index contributed by atoms with van der Waals surface area (Å²) in [7, 11) is 0. The molecule has 10 atom stereocenters. The molecular formula is C70H88ClN17O15. The number of hydrogen-bond donors (Lipinski definition) is 17. The first-order valence-electron chi connectivity index (χ1n) is 34.1. The number of H-pyrrole nitrogens is 1. The molecule has 1 aromatic heterocycles. The molecule has 0 aliphatic carbocycles. The Bertz CT molecular complexity index is 4000. The third-order valence-electron chi connectivity index (χ3n) is 17.7. The van der Waals surface area contributed by atoms with Gasteiger partial charge in [0.05, 0.1) is 19.4 Å². The summed E-state index contributed by atoms with van der Waals surface area (Å²) in [5.41, 5.74) is 7.56. The lowest BCUT2D eigenvalue weighted by Gasteiger charge is -2.31. The Labute approximate surface area is 597 Å². The van der Waals surface area contributed by atoms with Gasteiger partial charge >= 0.3 is 5.97 Å². The number of aromatic amines is 1. The van der Waals surface area contributed by atoms with E-state index in [0.29, 0.717) is 32.6 Å². The fourth-order valence-electron chi connectivity index (χ4n) is 12.4. The summed E-state index contributed by atoms with van der Waals surface area (Å²) in [5, 5.41) is 54.4. The number of carbonyl (C=O) groups excluding carboxylic acids is 13. The maximum absolute atomic E-state index is 15.4. The number of halogens is 1. The van der Waals surface area contributed by atoms with Crippen LogP contribution in [-0.2, 0) is 86.4 Å². The molecule has 0 spiro atoms. The number of nitrogens with two attached hydrogens (primary N) is 1. The molecule has 103 heavy (non-hydrogen) atoms. The number of hydrogen-bond acceptors (Lipinski definition) is 15. The smallest absolute Gasteiger partial charge is 0.328 e. The minimum absolute atomic E-state index is 0.0105. The summed E-state index contributed by atoms with van der Waals surface area (Å²) in [6.45, 7) is 2.98. The number of aromatic nitrogens is 1. The Morgan fingerprint density at radius 1 is 0.621 bits per heavy atom. The number of benzene rings is 4. The molecule has 3 aliphatic heterocycles. The van der Waals surface area contributed by atoms with Gasteiger partial charge in [-0.15, -0.1) is 0 Å². The van der Waals surface area contributed by atoms with Crippen LogP contribution < -0.4 is 74.9 Å². The molecule has 4 heterocycles. The average Bonchev–Trinajstić information content (AvgIpc) is 1.73. The van der Waals surface area contributed by atoms with E-state index >= 15 is 24.0 Å². The SMILES string of the molecule is CC(=O)N[C@H]1CC(=O)NCC(=O)NCCC[C@@H]2NC(=O)[C@H](CC(=O)NC[C@@H](C(=O)O)NC(=O)[C@@H]3CCCN3C(=O)[C@H](CCCNC(=N)N)NC(=O)[C@H](CC(C)C)NC(=O)[C@@H](Cc3ccc4ccccc4c3)NC2=O)NC(=O)[C@@H](Cc2c[nH]c3ccccc23)NC(=O)[C@@H](Cc2ccc(Cl)cc2)NC1=O. The van der Waals surface area contributed by atoms with E-state index in [-0.39, 0.29) is 95.7 Å². The number of nitrogens with zero attached hydrogens (tertiary/aromatic N) is 1. The Balaban J connectivity index is 1.23. The van der Waals surface area contributed by atoms with E-state index in [1.807, 2.05) is 18.2 Å². The van der Waals surface area contributed by atoms with Crippen molar-refractivity contribution in [3.8, 4) is 0 Å². The van der Waals surface area contributed by atoms with Crippen LogP contribution in [0.4, 0.5) is 0 Å². The lowest BCUT2D eigenvalue weighted by atomic mass is 9.98. The molecule has 0 radical (unpaired) electrons. The number of carboxylic acids is 1. The molecule has 550 valence electrons. The third kappa shape index (κ3) is 22.9. The maximum atomic E-state index is 15.4. The zero-order valence-corrected chi connectivity index (χ0v) is 57.9. The van der Waals surface area contributed by atoms with Gasteiger partial charge in [0.2, 0.25) is 76.8 Å². The highest BCUT2D eigenvalue weighted by Gasteiger charge is 2.42. The number of nitrogens with one attached hydrogen (secondary N) is 15. The Hall–Kier alpha value is -11.2. The van der Waals surface area contributed by atoms with Crippen molar-refractivity contribution in [1.29, 1.82) is 5.41 Å². The van der Waals surface area contributed by atoms with Crippen LogP contribution in [0.2, 0.25) is 5.02 Å². The van der Waals surface area contributed by atoms with Gasteiger partial charge in [-0.2, -0.15) is 0 Å². The zero-order chi connectivity index (χ0) is 74.4. The van der Waals surface area contributed by atoms with E-state index in [0.717, 1.165) is 17.7 Å². The maximum Gasteiger partial charge on any atom is 0.328 e. The van der Waals surface area contributed by atoms with Crippen molar-refractivity contribution < 1.29 is 72.2 Å². The standard InChI is InChI=1S/C70H88ClN17O15/c1-37(2)27-49-61(94)81-48(16-9-25-75-70(72)73)68(101)88-26-10-17-56(88)67(100)87-55(69(102)103)35-77-57(90)33-54-66(99)80-47(60(93)83-51(63(96)82-49)30-40-18-21-41-11-4-5-12-42(41)28-40)15-8-24-74-59(92)36-78-58(91)32-53(79-38(3)89)65(98)84-50(29-39-19-22-44(71)23-20-39)62(95)85-52(64(97)86-54)31-43-34-76-46-14-7-6-13-45(43)46/h4-7,11-14,18-23,28,34,37,47-56,76H,8-10,15-17,24-27,29-33,35-36H2,1-3H3,(H,74,92)(H,77,90)(H,78,91)(H,79,89)(H,80,99)(H,81,94)(H,82,96)(H,83,93)(H,84,98)(H,85,95)(H,86,97)(H,87,100)(H,102,103)(H4,72,73,75)/t47-,48-,49-,50+,51+,52+,53-,54-,55-,56-/m0/s1. The van der Waals surface area contributed by atoms with Crippen molar-refractivity contribution >= 4 is 122 Å². The number of rotatable bonds is 14. The predicted octanol–water partition coefficient (Wildman–Crippen LogP) is -1.29. The molecule has 33 heteroatoms. The number of aliphatic carboxylic acids is 1. The molecule has 4 aromatic carbocycles. The fraction of sp³-hybridized carbons (Fsp3) is 0.443. The van der Waals surface area contributed by atoms with Crippen LogP contribution in [0.5, 0.6) is 0 Å². The van der Waals surface area contributed by atoms with Crippen LogP contribution in [0.1, 0.15) is 95.2 Å². The van der Waals surface area contributed by atoms with Gasteiger partial charge < -0.3 is 89.8 Å². The van der Waals surface area contributed by atoms with Crippen LogP contribution in [0.3, 0.4) is 0 Å². The third-order valence-corrected chi connectivity index (χ3v) is 17.9. The minimum atomic E-state index is -2.04. The van der Waals surface area contributed by atoms with Crippen molar-refractivity contribution in [2.24, 2.45) is 11.7 Å². The molecular weight excluding hydrogens is 1350 g/mol. The number of amides is 13. The van der Waals surface area contributed by atoms with Crippen LogP contribution in [-0.4, -0.2) is 197 Å². The summed E-state index contributed by atoms with van der Waals surface area (Å²) in [6, 6.07) is 9.52. The summed E-state index contributed by atoms with van der Waals surface area (Å²) >= 11 is 6.23. The van der Waals surface area contributed by atoms with E-state index in [1.54, 1.807) is 80.7 Å². The number of guanidine groups is 1. The van der Waals surface area contributed by atoms with Gasteiger partial charge in [-0.3, -0.25) is 67.7 Å². The van der Waals surface area contributed by atoms with E-state index in [4.69, 9.17) is 22.7 Å². The molecule has 0 unspecified atom stereocenters. The molecule has 5 aromatic rings. The van der Waals surface area contributed by atoms with Crippen LogP contribution in [0, 0.1) is 11.3 Å². The molecule has 32 nitrogen and oxygen atoms in total. The first kappa shape index (κ1) is 77.6. The highest BCUT2D eigenvalue weighted by atomic mass is 35.5. The van der Waals surface area contributed by atoms with Gasteiger partial charge in [0.1, 0.15) is 60.4 Å². The van der Waals surface area contributed by atoms with Crippen molar-refractivity contribution in [1.82, 2.24) is 79.0 Å². The highest BCUT2D eigenvalue weighted by Crippen LogP contribution is 2.24. The lowest BCUT2D eigenvalue weighted by molar-refractivity contribution is -0.145. The summed E-state index contributed by atoms with van der Waals surface area (Å²) in [4.78, 5) is 206. The van der Waals surface area contributed by atoms with Gasteiger partial charge in [0.25, 0.3) is 0 Å². The molecule has 3 aliphatic rings. The zero-order valence-electron chi connectivity index (χ0n) is 57.2. The monoisotopic (exact) mass is 1440 g/mol. The Morgan fingerprint density at radius 3 is 1.93 bits per heavy atom. The quantitative estimate of drug-likeness (QED) is 0.0349. The second-order valence-corrected chi connectivity index (χ2v) is 26.6. The topological polar surface area (TPSA) is 484 Å². The molecule has 3 fully saturated rings. The first-order chi connectivity index (χ1) is 49.2. The Morgan fingerprint density at radius 2 is 1.22 bits per heavy atom. The average molecular weight is 1440 g/mol. The minimum Gasteiger partial charge on any atom is -0.480 e. The van der Waals surface area contributed by atoms with Gasteiger partial charge in [0.15, 0.2) is 5.96 Å². The van der Waals surface area contributed by atoms with Crippen LogP contribution in [0.25, 0.3) is 21.7 Å². The summed E-state index contributed by atoms with van der Waals surface area (Å²) in [5.74, 6) is -14.6. The van der Waals surface area contributed by atoms with E-state index in [2.05, 4.69) is 74.1 Å². The second-order valence-electron chi connectivity index (χ2n) is 26.1. The number of carbonyl (C=O) groups is 14. The van der Waals surface area contributed by atoms with Gasteiger partial charge in [-0.05, 0) is 96.5 Å². The number of fused-ring (bicyclic) bond motifs is 6. The largest absolute Gasteiger partial charge is 0.480 e. The fourth-order valence-corrected chi connectivity index (χ4v) is 12.5. The van der Waals surface area contributed by atoms with E-state index in [9.17, 15) is 48.3 Å². The predicted molar refractivity (Wildman–Crippen MR) is 376 cm³/mol. The summed E-state index contributed by atoms with van der Waals surface area (Å²) in [6.07, 6.45) is -1.21. The van der Waals surface area contributed by atoms with E-state index in [1.165, 1.54) is 17.0 Å². The van der Waals surface area contributed by atoms with Crippen LogP contribution in [0.15, 0.2) is 97.2 Å². The van der Waals surface area contributed by atoms with Crippen LogP contribution >= 0.6 is 11.6 Å². The van der Waals surface area contributed by atoms with E-state index < -0.39 is 169 Å². The molecule has 2 bridgehead atoms. The van der Waals surface area contributed by atoms with Gasteiger partial charge in [0, 0.05) is 74.5 Å². The number of para-hydroxylation sites is 1. The second kappa shape index (κ2) is 36.9. The summed E-state index contributed by atoms with van der Waals surface area (Å²) < 4.78 is 0. The molecule has 3 saturated heterocycles. The van der Waals surface area contributed by atoms with Gasteiger partial charge in [-0.25, -0.2) is 4.79 Å². The number of carboxylic acid groups (broad SMARTS) is 1. The van der Waals surface area contributed by atoms with Crippen molar-refractivity contribution in [2.45, 2.75) is 158 Å². The molecule has 8 rings (SSSR count). The molecule has 0 saturated carbocycles. The van der Waals surface area contributed by atoms with Crippen molar-refractivity contribution in [3.05, 3.63) is 119 Å². The van der Waals surface area contributed by atoms with Gasteiger partial charge in [-0.1, -0.05) is 98.2 Å². The van der Waals surface area contributed by atoms with Crippen molar-refractivity contribution in [2.75, 3.05) is 32.7 Å².